The molecule has 25 heavy (non-hydrogen) atoms. The van der Waals surface area contributed by atoms with E-state index in [1.807, 2.05) is 0 Å². The molecule has 8 heteroatoms. The number of hydrogen-bond donors (Lipinski definition) is 1. The Morgan fingerprint density at radius 3 is 2.24 bits per heavy atom. The molecule has 1 aliphatic heterocycles. The van der Waals surface area contributed by atoms with Crippen molar-refractivity contribution in [2.45, 2.75) is 51.7 Å². The molecule has 0 bridgehead atoms. The fourth-order valence-corrected chi connectivity index (χ4v) is 3.42. The number of ether oxygens (including phenoxy) is 2. The average molecular weight is 354 g/mol. The van der Waals surface area contributed by atoms with Crippen molar-refractivity contribution in [2.75, 3.05) is 20.3 Å². The van der Waals surface area contributed by atoms with Gasteiger partial charge in [0.1, 0.15) is 6.04 Å². The first-order valence-corrected chi connectivity index (χ1v) is 8.72. The number of nitrogens with zero attached hydrogens (tertiary/aromatic N) is 1. The van der Waals surface area contributed by atoms with Crippen molar-refractivity contribution in [3.63, 3.8) is 0 Å². The van der Waals surface area contributed by atoms with E-state index < -0.39 is 24.0 Å². The number of hydrogen-bond acceptors (Lipinski definition) is 6. The van der Waals surface area contributed by atoms with Crippen LogP contribution in [0.15, 0.2) is 0 Å². The number of likely N-dealkylation sites (tertiary alicyclic amines) is 1. The average Bonchev–Trinajstić information content (AvgIpc) is 2.85. The van der Waals surface area contributed by atoms with E-state index in [0.29, 0.717) is 26.0 Å². The second kappa shape index (κ2) is 8.42. The Morgan fingerprint density at radius 1 is 1.16 bits per heavy atom. The minimum absolute atomic E-state index is 0.295. The molecule has 0 aromatic rings. The third-order valence-electron chi connectivity index (χ3n) is 4.87. The summed E-state index contributed by atoms with van der Waals surface area (Å²) in [6, 6.07) is -1.03. The summed E-state index contributed by atoms with van der Waals surface area (Å²) in [6.07, 6.45) is 2.20. The summed E-state index contributed by atoms with van der Waals surface area (Å²) >= 11 is 0. The molecule has 2 rings (SSSR count). The summed E-state index contributed by atoms with van der Waals surface area (Å²) in [5.41, 5.74) is 0. The van der Waals surface area contributed by atoms with E-state index in [9.17, 15) is 19.2 Å². The molecular formula is C17H26N2O6. The zero-order valence-corrected chi connectivity index (χ0v) is 14.9. The van der Waals surface area contributed by atoms with Gasteiger partial charge in [0.25, 0.3) is 5.91 Å². The summed E-state index contributed by atoms with van der Waals surface area (Å²) in [6.45, 7) is 3.56. The highest BCUT2D eigenvalue weighted by molar-refractivity contribution is 6.07. The zero-order chi connectivity index (χ0) is 18.6. The van der Waals surface area contributed by atoms with Crippen LogP contribution in [0.2, 0.25) is 0 Å². The Balaban J connectivity index is 1.94. The van der Waals surface area contributed by atoms with Crippen LogP contribution < -0.4 is 5.32 Å². The zero-order valence-electron chi connectivity index (χ0n) is 14.9. The lowest BCUT2D eigenvalue weighted by Gasteiger charge is -2.23. The molecule has 0 spiro atoms. The smallest absolute Gasteiger partial charge is 0.329 e. The van der Waals surface area contributed by atoms with Gasteiger partial charge in [-0.15, -0.1) is 0 Å². The van der Waals surface area contributed by atoms with Gasteiger partial charge in [-0.25, -0.2) is 4.79 Å². The van der Waals surface area contributed by atoms with Crippen molar-refractivity contribution < 1.29 is 28.7 Å². The summed E-state index contributed by atoms with van der Waals surface area (Å²) in [5, 5.41) is 2.57. The molecule has 0 aromatic heterocycles. The van der Waals surface area contributed by atoms with Gasteiger partial charge >= 0.3 is 5.97 Å². The van der Waals surface area contributed by atoms with E-state index in [0.717, 1.165) is 17.7 Å². The Morgan fingerprint density at radius 2 is 1.72 bits per heavy atom. The molecule has 0 radical (unpaired) electrons. The quantitative estimate of drug-likeness (QED) is 0.399. The van der Waals surface area contributed by atoms with Crippen molar-refractivity contribution in [3.05, 3.63) is 0 Å². The van der Waals surface area contributed by atoms with Crippen molar-refractivity contribution in [1.29, 1.82) is 0 Å². The molecular weight excluding hydrogens is 328 g/mol. The largest absolute Gasteiger partial charge is 0.451 e. The Kier molecular flexibility index (Phi) is 6.52. The van der Waals surface area contributed by atoms with Crippen molar-refractivity contribution in [2.24, 2.45) is 11.8 Å². The maximum atomic E-state index is 12.5. The predicted molar refractivity (Wildman–Crippen MR) is 87.2 cm³/mol. The summed E-state index contributed by atoms with van der Waals surface area (Å²) < 4.78 is 9.95. The topological polar surface area (TPSA) is 102 Å². The lowest BCUT2D eigenvalue weighted by atomic mass is 9.81. The second-order valence-corrected chi connectivity index (χ2v) is 6.58. The number of imide groups is 1. The fraction of sp³-hybridized carbons (Fsp3) is 0.765. The molecule has 1 N–H and O–H groups in total. The number of nitrogens with one attached hydrogen (secondary N) is 1. The molecule has 3 amide bonds. The number of carbonyl (C=O) groups is 4. The highest BCUT2D eigenvalue weighted by Gasteiger charge is 2.51. The number of rotatable bonds is 7. The van der Waals surface area contributed by atoms with Crippen molar-refractivity contribution in [1.82, 2.24) is 10.2 Å². The SMILES string of the molecule is COCCNC(=O)[C@@H](C)OC(=O)[C@H](C)N1C(=O)[C@H]2CCCC[C@H]2C1=O. The van der Waals surface area contributed by atoms with Gasteiger partial charge in [0.2, 0.25) is 11.8 Å². The summed E-state index contributed by atoms with van der Waals surface area (Å²) in [7, 11) is 1.51. The molecule has 140 valence electrons. The van der Waals surface area contributed by atoms with Gasteiger partial charge in [0.05, 0.1) is 18.4 Å². The highest BCUT2D eigenvalue weighted by atomic mass is 16.5. The van der Waals surface area contributed by atoms with Gasteiger partial charge in [-0.2, -0.15) is 0 Å². The maximum Gasteiger partial charge on any atom is 0.329 e. The fourth-order valence-electron chi connectivity index (χ4n) is 3.42. The Hall–Kier alpha value is -1.96. The third-order valence-corrected chi connectivity index (χ3v) is 4.87. The summed E-state index contributed by atoms with van der Waals surface area (Å²) in [4.78, 5) is 50.2. The standard InChI is InChI=1S/C17H26N2O6/c1-10(17(23)25-11(2)14(20)18-8-9-24-3)19-15(21)12-6-4-5-7-13(12)16(19)22/h10-13H,4-9H2,1-3H3,(H,18,20)/t10-,11+,12-,13+/m0/s1. The number of carbonyl (C=O) groups excluding carboxylic acids is 4. The summed E-state index contributed by atoms with van der Waals surface area (Å²) in [5.74, 6) is -2.43. The van der Waals surface area contributed by atoms with Gasteiger partial charge in [0, 0.05) is 13.7 Å². The number of fused-ring (bicyclic) bond motifs is 1. The normalized spacial score (nSPS) is 25.3. The van der Waals surface area contributed by atoms with Crippen LogP contribution in [0.5, 0.6) is 0 Å². The minimum atomic E-state index is -1.03. The Labute approximate surface area is 147 Å². The van der Waals surface area contributed by atoms with Crippen LogP contribution in [0, 0.1) is 11.8 Å². The van der Waals surface area contributed by atoms with E-state index in [4.69, 9.17) is 9.47 Å². The van der Waals surface area contributed by atoms with Crippen LogP contribution in [0.3, 0.4) is 0 Å². The van der Waals surface area contributed by atoms with Gasteiger partial charge in [-0.3, -0.25) is 19.3 Å². The van der Waals surface area contributed by atoms with E-state index in [-0.39, 0.29) is 23.7 Å². The van der Waals surface area contributed by atoms with Gasteiger partial charge in [-0.1, -0.05) is 12.8 Å². The van der Waals surface area contributed by atoms with Crippen LogP contribution in [0.25, 0.3) is 0 Å². The van der Waals surface area contributed by atoms with E-state index in [2.05, 4.69) is 5.32 Å². The number of esters is 1. The molecule has 2 aliphatic rings. The maximum absolute atomic E-state index is 12.5. The van der Waals surface area contributed by atoms with E-state index >= 15 is 0 Å². The minimum Gasteiger partial charge on any atom is -0.451 e. The molecule has 8 nitrogen and oxygen atoms in total. The number of amides is 3. The molecule has 1 heterocycles. The first-order chi connectivity index (χ1) is 11.9. The molecule has 0 aromatic carbocycles. The third kappa shape index (κ3) is 4.18. The predicted octanol–water partition coefficient (Wildman–Crippen LogP) is 0.244. The first kappa shape index (κ1) is 19.4. The van der Waals surface area contributed by atoms with E-state index in [1.165, 1.54) is 21.0 Å². The molecule has 1 aliphatic carbocycles. The van der Waals surface area contributed by atoms with E-state index in [1.54, 1.807) is 0 Å². The first-order valence-electron chi connectivity index (χ1n) is 8.72. The molecule has 4 atom stereocenters. The molecule has 1 saturated heterocycles. The van der Waals surface area contributed by atoms with Crippen molar-refractivity contribution in [3.8, 4) is 0 Å². The van der Waals surface area contributed by atoms with Gasteiger partial charge in [0.15, 0.2) is 6.10 Å². The molecule has 2 fully saturated rings. The van der Waals surface area contributed by atoms with Crippen LogP contribution in [0.4, 0.5) is 0 Å². The van der Waals surface area contributed by atoms with Crippen LogP contribution >= 0.6 is 0 Å². The lowest BCUT2D eigenvalue weighted by Crippen LogP contribution is -2.46. The van der Waals surface area contributed by atoms with Gasteiger partial charge < -0.3 is 14.8 Å². The van der Waals surface area contributed by atoms with Crippen LogP contribution in [-0.4, -0.2) is 61.0 Å². The van der Waals surface area contributed by atoms with Crippen LogP contribution in [-0.2, 0) is 28.7 Å². The van der Waals surface area contributed by atoms with Crippen LogP contribution in [0.1, 0.15) is 39.5 Å². The second-order valence-electron chi connectivity index (χ2n) is 6.58. The number of methoxy groups -OCH3 is 1. The molecule has 1 saturated carbocycles. The highest BCUT2D eigenvalue weighted by Crippen LogP contribution is 2.38. The lowest BCUT2D eigenvalue weighted by molar-refractivity contribution is -0.164. The molecule has 0 unspecified atom stereocenters. The monoisotopic (exact) mass is 354 g/mol. The van der Waals surface area contributed by atoms with Crippen molar-refractivity contribution >= 4 is 23.7 Å². The van der Waals surface area contributed by atoms with Gasteiger partial charge in [-0.05, 0) is 26.7 Å². The Bertz CT molecular complexity index is 525.